The highest BCUT2D eigenvalue weighted by atomic mass is 15.2. The van der Waals surface area contributed by atoms with Crippen molar-refractivity contribution in [1.29, 1.82) is 0 Å². The second kappa shape index (κ2) is 4.31. The maximum Gasteiger partial charge on any atom is 0.0473 e. The van der Waals surface area contributed by atoms with Crippen LogP contribution in [0, 0.1) is 0 Å². The molecule has 0 saturated carbocycles. The van der Waals surface area contributed by atoms with Gasteiger partial charge in [-0.05, 0) is 44.5 Å². The second-order valence-corrected chi connectivity index (χ2v) is 4.55. The van der Waals surface area contributed by atoms with Gasteiger partial charge in [0.05, 0.1) is 0 Å². The van der Waals surface area contributed by atoms with Crippen LogP contribution in [-0.4, -0.2) is 23.5 Å². The molecule has 0 amide bonds. The van der Waals surface area contributed by atoms with Gasteiger partial charge in [0.15, 0.2) is 0 Å². The van der Waals surface area contributed by atoms with Gasteiger partial charge in [-0.25, -0.2) is 0 Å². The Labute approximate surface area is 92.3 Å². The fourth-order valence-electron chi connectivity index (χ4n) is 2.89. The molecular weight excluding hydrogens is 184 g/mol. The maximum absolute atomic E-state index is 4.26. The van der Waals surface area contributed by atoms with Crippen LogP contribution in [0.15, 0.2) is 24.5 Å². The molecule has 0 aromatic carbocycles. The van der Waals surface area contributed by atoms with Gasteiger partial charge in [-0.2, -0.15) is 0 Å². The Hall–Kier alpha value is -0.890. The van der Waals surface area contributed by atoms with Crippen molar-refractivity contribution in [3.63, 3.8) is 0 Å². The van der Waals surface area contributed by atoms with E-state index in [2.05, 4.69) is 36.0 Å². The molecule has 0 spiro atoms. The van der Waals surface area contributed by atoms with E-state index in [-0.39, 0.29) is 5.54 Å². The zero-order valence-corrected chi connectivity index (χ0v) is 9.74. The van der Waals surface area contributed by atoms with E-state index >= 15 is 0 Å². The molecule has 1 atom stereocenters. The monoisotopic (exact) mass is 204 g/mol. The average Bonchev–Trinajstić information content (AvgIpc) is 2.63. The molecule has 82 valence electrons. The zero-order valence-electron chi connectivity index (χ0n) is 9.74. The number of rotatable bonds is 3. The first kappa shape index (κ1) is 10.6. The fourth-order valence-corrected chi connectivity index (χ4v) is 2.89. The predicted molar refractivity (Wildman–Crippen MR) is 62.7 cm³/mol. The summed E-state index contributed by atoms with van der Waals surface area (Å²) in [4.78, 5) is 6.77. The summed E-state index contributed by atoms with van der Waals surface area (Å²) < 4.78 is 0. The highest BCUT2D eigenvalue weighted by Gasteiger charge is 2.39. The Kier molecular flexibility index (Phi) is 3.06. The summed E-state index contributed by atoms with van der Waals surface area (Å²) in [5.74, 6) is 0. The molecule has 0 N–H and O–H groups in total. The predicted octanol–water partition coefficient (Wildman–Crippen LogP) is 2.80. The Bertz CT molecular complexity index is 310. The summed E-state index contributed by atoms with van der Waals surface area (Å²) >= 11 is 0. The maximum atomic E-state index is 4.26. The summed E-state index contributed by atoms with van der Waals surface area (Å²) in [5.41, 5.74) is 1.66. The first-order valence-electron chi connectivity index (χ1n) is 5.91. The van der Waals surface area contributed by atoms with Crippen LogP contribution < -0.4 is 0 Å². The molecule has 0 radical (unpaired) electrons. The number of pyridine rings is 1. The highest BCUT2D eigenvalue weighted by molar-refractivity contribution is 5.22. The van der Waals surface area contributed by atoms with E-state index in [0.29, 0.717) is 0 Å². The second-order valence-electron chi connectivity index (χ2n) is 4.55. The van der Waals surface area contributed by atoms with E-state index in [1.807, 2.05) is 12.4 Å². The molecular formula is C13H20N2. The zero-order chi connectivity index (χ0) is 10.7. The van der Waals surface area contributed by atoms with Gasteiger partial charge in [-0.3, -0.25) is 9.88 Å². The lowest BCUT2D eigenvalue weighted by Gasteiger charge is -2.36. The van der Waals surface area contributed by atoms with Crippen LogP contribution >= 0.6 is 0 Å². The van der Waals surface area contributed by atoms with Crippen molar-refractivity contribution in [1.82, 2.24) is 9.88 Å². The molecule has 15 heavy (non-hydrogen) atoms. The Morgan fingerprint density at radius 2 is 2.40 bits per heavy atom. The van der Waals surface area contributed by atoms with Crippen LogP contribution in [0.25, 0.3) is 0 Å². The molecule has 1 aliphatic rings. The highest BCUT2D eigenvalue weighted by Crippen LogP contribution is 2.40. The Morgan fingerprint density at radius 3 is 2.93 bits per heavy atom. The van der Waals surface area contributed by atoms with Gasteiger partial charge >= 0.3 is 0 Å². The standard InChI is InChI=1S/C13H20N2/c1-3-7-13(8-5-10-15(13)2)12-6-4-9-14-11-12/h4,6,9,11H,3,5,7-8,10H2,1-2H3/t13-/m0/s1. The van der Waals surface area contributed by atoms with E-state index < -0.39 is 0 Å². The van der Waals surface area contributed by atoms with Crippen LogP contribution in [-0.2, 0) is 5.54 Å². The lowest BCUT2D eigenvalue weighted by atomic mass is 9.84. The van der Waals surface area contributed by atoms with E-state index in [4.69, 9.17) is 0 Å². The lowest BCUT2D eigenvalue weighted by Crippen LogP contribution is -2.38. The largest absolute Gasteiger partial charge is 0.297 e. The van der Waals surface area contributed by atoms with Crippen molar-refractivity contribution in [3.8, 4) is 0 Å². The first-order chi connectivity index (χ1) is 7.29. The minimum absolute atomic E-state index is 0.267. The summed E-state index contributed by atoms with van der Waals surface area (Å²) in [6.45, 7) is 3.49. The van der Waals surface area contributed by atoms with E-state index in [0.717, 1.165) is 0 Å². The number of aromatic nitrogens is 1. The quantitative estimate of drug-likeness (QED) is 0.752. The molecule has 2 nitrogen and oxygen atoms in total. The normalized spacial score (nSPS) is 27.1. The Balaban J connectivity index is 2.34. The molecule has 0 aliphatic carbocycles. The van der Waals surface area contributed by atoms with Gasteiger partial charge in [0.25, 0.3) is 0 Å². The van der Waals surface area contributed by atoms with Crippen LogP contribution in [0.1, 0.15) is 38.2 Å². The molecule has 0 unspecified atom stereocenters. The topological polar surface area (TPSA) is 16.1 Å². The van der Waals surface area contributed by atoms with Crippen molar-refractivity contribution >= 4 is 0 Å². The average molecular weight is 204 g/mol. The summed E-state index contributed by atoms with van der Waals surface area (Å²) in [6, 6.07) is 4.28. The minimum Gasteiger partial charge on any atom is -0.297 e. The number of hydrogen-bond acceptors (Lipinski definition) is 2. The summed E-state index contributed by atoms with van der Waals surface area (Å²) in [7, 11) is 2.25. The van der Waals surface area contributed by atoms with Crippen molar-refractivity contribution in [3.05, 3.63) is 30.1 Å². The number of hydrogen-bond donors (Lipinski definition) is 0. The summed E-state index contributed by atoms with van der Waals surface area (Å²) in [5, 5.41) is 0. The van der Waals surface area contributed by atoms with Gasteiger partial charge in [0.2, 0.25) is 0 Å². The number of nitrogens with zero attached hydrogens (tertiary/aromatic N) is 2. The van der Waals surface area contributed by atoms with Crippen molar-refractivity contribution in [2.75, 3.05) is 13.6 Å². The fraction of sp³-hybridized carbons (Fsp3) is 0.615. The molecule has 1 aromatic heterocycles. The molecule has 2 rings (SSSR count). The molecule has 2 heteroatoms. The first-order valence-corrected chi connectivity index (χ1v) is 5.91. The third-order valence-electron chi connectivity index (χ3n) is 3.68. The van der Waals surface area contributed by atoms with Gasteiger partial charge in [0, 0.05) is 17.9 Å². The smallest absolute Gasteiger partial charge is 0.0473 e. The van der Waals surface area contributed by atoms with Crippen molar-refractivity contribution in [2.45, 2.75) is 38.1 Å². The minimum atomic E-state index is 0.267. The Morgan fingerprint density at radius 1 is 1.53 bits per heavy atom. The van der Waals surface area contributed by atoms with Crippen LogP contribution in [0.2, 0.25) is 0 Å². The molecule has 1 aromatic rings. The third kappa shape index (κ3) is 1.78. The van der Waals surface area contributed by atoms with Crippen LogP contribution in [0.5, 0.6) is 0 Å². The molecule has 1 aliphatic heterocycles. The number of likely N-dealkylation sites (tertiary alicyclic amines) is 1. The molecule has 2 heterocycles. The lowest BCUT2D eigenvalue weighted by molar-refractivity contribution is 0.159. The van der Waals surface area contributed by atoms with E-state index in [1.54, 1.807) is 0 Å². The van der Waals surface area contributed by atoms with Gasteiger partial charge in [0.1, 0.15) is 0 Å². The summed E-state index contributed by atoms with van der Waals surface area (Å²) in [6.07, 6.45) is 8.97. The third-order valence-corrected chi connectivity index (χ3v) is 3.68. The van der Waals surface area contributed by atoms with Crippen LogP contribution in [0.4, 0.5) is 0 Å². The van der Waals surface area contributed by atoms with E-state index in [9.17, 15) is 0 Å². The van der Waals surface area contributed by atoms with Gasteiger partial charge in [-0.1, -0.05) is 19.4 Å². The SMILES string of the molecule is CCC[C@@]1(c2cccnc2)CCCN1C. The van der Waals surface area contributed by atoms with Gasteiger partial charge < -0.3 is 0 Å². The van der Waals surface area contributed by atoms with Gasteiger partial charge in [-0.15, -0.1) is 0 Å². The van der Waals surface area contributed by atoms with Crippen LogP contribution in [0.3, 0.4) is 0 Å². The van der Waals surface area contributed by atoms with E-state index in [1.165, 1.54) is 37.8 Å². The molecule has 1 fully saturated rings. The molecule has 1 saturated heterocycles. The van der Waals surface area contributed by atoms with Crippen molar-refractivity contribution < 1.29 is 0 Å². The van der Waals surface area contributed by atoms with Crippen molar-refractivity contribution in [2.24, 2.45) is 0 Å². The molecule has 0 bridgehead atoms.